The van der Waals surface area contributed by atoms with Crippen LogP contribution < -0.4 is 4.90 Å². The molecule has 3 heteroatoms. The van der Waals surface area contributed by atoms with E-state index in [2.05, 4.69) is 83.7 Å². The van der Waals surface area contributed by atoms with Gasteiger partial charge in [-0.15, -0.1) is 17.0 Å². The van der Waals surface area contributed by atoms with Gasteiger partial charge in [0.25, 0.3) is 0 Å². The van der Waals surface area contributed by atoms with Gasteiger partial charge in [-0.3, -0.25) is 0 Å². The van der Waals surface area contributed by atoms with Crippen LogP contribution in [0.1, 0.15) is 45.4 Å². The summed E-state index contributed by atoms with van der Waals surface area (Å²) in [7, 11) is 0. The molecule has 3 aromatic carbocycles. The lowest BCUT2D eigenvalue weighted by atomic mass is 10.0. The third-order valence-corrected chi connectivity index (χ3v) is 5.62. The number of hydrogen-bond donors (Lipinski definition) is 0. The first-order valence-corrected chi connectivity index (χ1v) is 10.5. The van der Waals surface area contributed by atoms with Crippen molar-refractivity contribution in [3.8, 4) is 0 Å². The predicted octanol–water partition coefficient (Wildman–Crippen LogP) is 7.48. The Labute approximate surface area is 179 Å². The summed E-state index contributed by atoms with van der Waals surface area (Å²) >= 11 is 0. The van der Waals surface area contributed by atoms with Gasteiger partial charge in [-0.2, -0.15) is 0 Å². The second-order valence-corrected chi connectivity index (χ2v) is 7.66. The molecule has 0 bridgehead atoms. The quantitative estimate of drug-likeness (QED) is 0.265. The number of nitrogens with zero attached hydrogens (tertiary/aromatic N) is 2. The molecule has 2 nitrogen and oxygen atoms in total. The molecule has 0 saturated heterocycles. The van der Waals surface area contributed by atoms with Crippen molar-refractivity contribution in [2.45, 2.75) is 45.4 Å². The standard InChI is InChI=1S/C25H30N2.BrH/c1-2-3-4-5-6-11-16-26-17-18-27(20-26)25-23-14-9-7-12-21(23)19-22-13-8-10-15-24(22)25;/h7-10,12-15,17-19H,2-6,11,16,20H2,1H3;1H. The van der Waals surface area contributed by atoms with E-state index < -0.39 is 0 Å². The lowest BCUT2D eigenvalue weighted by Crippen LogP contribution is -2.26. The first-order valence-electron chi connectivity index (χ1n) is 10.5. The van der Waals surface area contributed by atoms with Crippen LogP contribution in [0.5, 0.6) is 0 Å². The third kappa shape index (κ3) is 4.52. The average Bonchev–Trinajstić information content (AvgIpc) is 3.17. The van der Waals surface area contributed by atoms with E-state index in [4.69, 9.17) is 0 Å². The molecule has 0 atom stereocenters. The summed E-state index contributed by atoms with van der Waals surface area (Å²) in [6.45, 7) is 4.38. The maximum atomic E-state index is 2.45. The summed E-state index contributed by atoms with van der Waals surface area (Å²) < 4.78 is 0. The van der Waals surface area contributed by atoms with Gasteiger partial charge in [0.1, 0.15) is 0 Å². The molecule has 0 spiro atoms. The monoisotopic (exact) mass is 438 g/mol. The Morgan fingerprint density at radius 3 is 2.04 bits per heavy atom. The average molecular weight is 439 g/mol. The Morgan fingerprint density at radius 1 is 0.750 bits per heavy atom. The van der Waals surface area contributed by atoms with Crippen LogP contribution in [0.4, 0.5) is 5.69 Å². The highest BCUT2D eigenvalue weighted by molar-refractivity contribution is 8.93. The summed E-state index contributed by atoms with van der Waals surface area (Å²) in [5, 5.41) is 5.30. The lowest BCUT2D eigenvalue weighted by molar-refractivity contribution is 0.388. The Hall–Kier alpha value is -2.00. The van der Waals surface area contributed by atoms with Crippen LogP contribution in [0, 0.1) is 0 Å². The summed E-state index contributed by atoms with van der Waals surface area (Å²) in [6, 6.07) is 19.8. The molecule has 0 fully saturated rings. The fourth-order valence-corrected chi connectivity index (χ4v) is 4.15. The fraction of sp³-hybridized carbons (Fsp3) is 0.360. The number of unbranched alkanes of at least 4 members (excludes halogenated alkanes) is 5. The molecule has 1 heterocycles. The van der Waals surface area contributed by atoms with E-state index in [1.165, 1.54) is 65.8 Å². The molecule has 4 rings (SSSR count). The molecular weight excluding hydrogens is 408 g/mol. The second-order valence-electron chi connectivity index (χ2n) is 7.66. The maximum Gasteiger partial charge on any atom is 0.0942 e. The fourth-order valence-electron chi connectivity index (χ4n) is 4.15. The molecule has 0 N–H and O–H groups in total. The Morgan fingerprint density at radius 2 is 1.36 bits per heavy atom. The van der Waals surface area contributed by atoms with Gasteiger partial charge in [0.15, 0.2) is 0 Å². The number of anilines is 1. The summed E-state index contributed by atoms with van der Waals surface area (Å²) in [5.74, 6) is 0. The number of fused-ring (bicyclic) bond motifs is 2. The van der Waals surface area contributed by atoms with Gasteiger partial charge in [0.2, 0.25) is 0 Å². The van der Waals surface area contributed by atoms with Crippen molar-refractivity contribution in [2.24, 2.45) is 0 Å². The van der Waals surface area contributed by atoms with Crippen molar-refractivity contribution in [1.82, 2.24) is 4.90 Å². The van der Waals surface area contributed by atoms with Gasteiger partial charge < -0.3 is 9.80 Å². The largest absolute Gasteiger partial charge is 0.358 e. The topological polar surface area (TPSA) is 6.48 Å². The van der Waals surface area contributed by atoms with Crippen molar-refractivity contribution in [3.05, 3.63) is 67.0 Å². The van der Waals surface area contributed by atoms with Gasteiger partial charge in [0.05, 0.1) is 12.4 Å². The minimum Gasteiger partial charge on any atom is -0.358 e. The number of benzene rings is 3. The van der Waals surface area contributed by atoms with Crippen molar-refractivity contribution >= 4 is 44.2 Å². The van der Waals surface area contributed by atoms with Crippen LogP contribution in [-0.2, 0) is 0 Å². The minimum absolute atomic E-state index is 0. The molecule has 0 amide bonds. The van der Waals surface area contributed by atoms with Crippen LogP contribution in [0.25, 0.3) is 21.5 Å². The molecule has 0 aliphatic carbocycles. The van der Waals surface area contributed by atoms with Crippen LogP contribution in [0.15, 0.2) is 67.0 Å². The van der Waals surface area contributed by atoms with Crippen LogP contribution >= 0.6 is 17.0 Å². The van der Waals surface area contributed by atoms with Crippen LogP contribution in [-0.4, -0.2) is 18.1 Å². The zero-order chi connectivity index (χ0) is 18.5. The Kier molecular flexibility index (Phi) is 7.38. The second kappa shape index (κ2) is 9.97. The molecule has 0 aromatic heterocycles. The van der Waals surface area contributed by atoms with Crippen molar-refractivity contribution in [3.63, 3.8) is 0 Å². The van der Waals surface area contributed by atoms with E-state index in [-0.39, 0.29) is 17.0 Å². The highest BCUT2D eigenvalue weighted by Gasteiger charge is 2.18. The molecule has 0 radical (unpaired) electrons. The van der Waals surface area contributed by atoms with Gasteiger partial charge >= 0.3 is 0 Å². The van der Waals surface area contributed by atoms with Gasteiger partial charge in [-0.1, -0.05) is 87.6 Å². The van der Waals surface area contributed by atoms with Crippen molar-refractivity contribution < 1.29 is 0 Å². The molecule has 1 aliphatic rings. The highest BCUT2D eigenvalue weighted by atomic mass is 79.9. The van der Waals surface area contributed by atoms with Gasteiger partial charge in [-0.05, 0) is 23.3 Å². The molecule has 0 unspecified atom stereocenters. The SMILES string of the molecule is Br.CCCCCCCCN1C=CN(c2c3ccccc3cc3ccccc23)C1. The Balaban J connectivity index is 0.00000225. The first-order chi connectivity index (χ1) is 13.4. The van der Waals surface area contributed by atoms with Crippen LogP contribution in [0.2, 0.25) is 0 Å². The molecule has 28 heavy (non-hydrogen) atoms. The predicted molar refractivity (Wildman–Crippen MR) is 128 cm³/mol. The maximum absolute atomic E-state index is 2.45. The lowest BCUT2D eigenvalue weighted by Gasteiger charge is -2.24. The summed E-state index contributed by atoms with van der Waals surface area (Å²) in [6.07, 6.45) is 12.6. The van der Waals surface area contributed by atoms with Gasteiger partial charge in [-0.25, -0.2) is 0 Å². The molecule has 3 aromatic rings. The zero-order valence-electron chi connectivity index (χ0n) is 16.8. The number of hydrogen-bond acceptors (Lipinski definition) is 2. The third-order valence-electron chi connectivity index (χ3n) is 5.62. The minimum atomic E-state index is 0. The van der Waals surface area contributed by atoms with Crippen molar-refractivity contribution in [1.29, 1.82) is 0 Å². The van der Waals surface area contributed by atoms with Crippen LogP contribution in [0.3, 0.4) is 0 Å². The first kappa shape index (κ1) is 20.7. The van der Waals surface area contributed by atoms with E-state index in [9.17, 15) is 0 Å². The molecule has 0 saturated carbocycles. The van der Waals surface area contributed by atoms with Gasteiger partial charge in [0, 0.05) is 29.7 Å². The van der Waals surface area contributed by atoms with E-state index in [1.807, 2.05) is 0 Å². The number of halogens is 1. The molecular formula is C25H31BrN2. The van der Waals surface area contributed by atoms with E-state index in [1.54, 1.807) is 0 Å². The smallest absolute Gasteiger partial charge is 0.0942 e. The van der Waals surface area contributed by atoms with Crippen molar-refractivity contribution in [2.75, 3.05) is 18.1 Å². The molecule has 1 aliphatic heterocycles. The zero-order valence-corrected chi connectivity index (χ0v) is 18.5. The molecule has 148 valence electrons. The summed E-state index contributed by atoms with van der Waals surface area (Å²) in [4.78, 5) is 4.87. The Bertz CT molecular complexity index is 880. The van der Waals surface area contributed by atoms with E-state index in [0.29, 0.717) is 0 Å². The normalized spacial score (nSPS) is 13.5. The number of rotatable bonds is 8. The van der Waals surface area contributed by atoms with E-state index >= 15 is 0 Å². The van der Waals surface area contributed by atoms with E-state index in [0.717, 1.165) is 13.2 Å². The highest BCUT2D eigenvalue weighted by Crippen LogP contribution is 2.36. The summed E-state index contributed by atoms with van der Waals surface area (Å²) in [5.41, 5.74) is 1.34.